The van der Waals surface area contributed by atoms with Crippen molar-refractivity contribution in [2.45, 2.75) is 45.3 Å². The van der Waals surface area contributed by atoms with Gasteiger partial charge in [-0.15, -0.1) is 0 Å². The molecule has 1 saturated heterocycles. The number of carbonyl (C=O) groups is 2. The van der Waals surface area contributed by atoms with Gasteiger partial charge in [-0.05, 0) is 33.6 Å². The quantitative estimate of drug-likeness (QED) is 0.654. The number of hydrogen-bond acceptors (Lipinski definition) is 10. The van der Waals surface area contributed by atoms with Gasteiger partial charge >= 0.3 is 12.1 Å². The van der Waals surface area contributed by atoms with Gasteiger partial charge in [0.15, 0.2) is 5.69 Å². The van der Waals surface area contributed by atoms with E-state index in [9.17, 15) is 9.59 Å². The number of pyridine rings is 1. The zero-order chi connectivity index (χ0) is 24.9. The zero-order valence-corrected chi connectivity index (χ0v) is 20.0. The van der Waals surface area contributed by atoms with Crippen molar-refractivity contribution in [1.29, 1.82) is 5.26 Å². The minimum Gasteiger partial charge on any atom is -0.465 e. The van der Waals surface area contributed by atoms with Crippen LogP contribution in [0.1, 0.15) is 49.7 Å². The van der Waals surface area contributed by atoms with Crippen LogP contribution in [0.15, 0.2) is 24.7 Å². The minimum absolute atomic E-state index is 0.0899. The molecule has 1 aliphatic rings. The van der Waals surface area contributed by atoms with Crippen LogP contribution >= 0.6 is 0 Å². The number of nitrogens with zero attached hydrogens (tertiary/aromatic N) is 6. The summed E-state index contributed by atoms with van der Waals surface area (Å²) >= 11 is 0. The molecule has 2 aromatic rings. The highest BCUT2D eigenvalue weighted by Crippen LogP contribution is 2.29. The molecule has 3 heterocycles. The number of nitrogens with one attached hydrogen (secondary N) is 1. The van der Waals surface area contributed by atoms with Gasteiger partial charge in [-0.1, -0.05) is 0 Å². The van der Waals surface area contributed by atoms with E-state index in [4.69, 9.17) is 14.7 Å². The van der Waals surface area contributed by atoms with E-state index in [1.54, 1.807) is 11.0 Å². The summed E-state index contributed by atoms with van der Waals surface area (Å²) in [6.45, 7) is 6.64. The average molecular weight is 468 g/mol. The Morgan fingerprint density at radius 3 is 2.38 bits per heavy atom. The first-order valence-electron chi connectivity index (χ1n) is 10.9. The number of rotatable bonds is 5. The predicted molar refractivity (Wildman–Crippen MR) is 125 cm³/mol. The first kappa shape index (κ1) is 24.7. The van der Waals surface area contributed by atoms with Gasteiger partial charge in [-0.2, -0.15) is 5.26 Å². The Kier molecular flexibility index (Phi) is 7.50. The lowest BCUT2D eigenvalue weighted by molar-refractivity contribution is 0.0205. The Hall–Kier alpha value is -3.94. The maximum Gasteiger partial charge on any atom is 0.410 e. The fraction of sp³-hybridized carbons (Fsp3) is 0.478. The van der Waals surface area contributed by atoms with Crippen molar-refractivity contribution >= 4 is 29.4 Å². The Bertz CT molecular complexity index is 1070. The van der Waals surface area contributed by atoms with Gasteiger partial charge < -0.3 is 24.6 Å². The van der Waals surface area contributed by atoms with Crippen LogP contribution in [0, 0.1) is 11.3 Å². The molecule has 3 rings (SSSR count). The van der Waals surface area contributed by atoms with Crippen molar-refractivity contribution < 1.29 is 19.1 Å². The fourth-order valence-electron chi connectivity index (χ4n) is 3.61. The lowest BCUT2D eigenvalue weighted by atomic mass is 10.0. The van der Waals surface area contributed by atoms with Gasteiger partial charge in [-0.3, -0.25) is 0 Å². The minimum atomic E-state index is -0.542. The highest BCUT2D eigenvalue weighted by atomic mass is 16.6. The van der Waals surface area contributed by atoms with E-state index in [0.29, 0.717) is 48.8 Å². The number of methoxy groups -OCH3 is 1. The second kappa shape index (κ2) is 10.3. The monoisotopic (exact) mass is 467 g/mol. The molecule has 0 aliphatic carbocycles. The van der Waals surface area contributed by atoms with Crippen LogP contribution in [0.25, 0.3) is 0 Å². The van der Waals surface area contributed by atoms with Crippen molar-refractivity contribution in [3.63, 3.8) is 0 Å². The van der Waals surface area contributed by atoms with E-state index in [2.05, 4.69) is 20.3 Å². The molecule has 1 amide bonds. The van der Waals surface area contributed by atoms with Crippen LogP contribution < -0.4 is 10.2 Å². The SMILES string of the molecule is COC(=O)c1cnc(Nc2cnc(C#N)cn2)cc1N(C)C1CCN(C(=O)OC(C)(C)C)CC1. The van der Waals surface area contributed by atoms with E-state index >= 15 is 0 Å². The molecule has 2 aromatic heterocycles. The van der Waals surface area contributed by atoms with E-state index in [0.717, 1.165) is 0 Å². The largest absolute Gasteiger partial charge is 0.465 e. The number of piperidine rings is 1. The first-order chi connectivity index (χ1) is 16.1. The van der Waals surface area contributed by atoms with E-state index in [1.807, 2.05) is 38.8 Å². The van der Waals surface area contributed by atoms with Gasteiger partial charge in [0, 0.05) is 38.4 Å². The van der Waals surface area contributed by atoms with Crippen LogP contribution in [0.5, 0.6) is 0 Å². The molecule has 0 saturated carbocycles. The maximum atomic E-state index is 12.4. The molecule has 0 spiro atoms. The molecule has 0 atom stereocenters. The van der Waals surface area contributed by atoms with Gasteiger partial charge in [0.1, 0.15) is 28.9 Å². The second-order valence-corrected chi connectivity index (χ2v) is 8.91. The third kappa shape index (κ3) is 6.10. The summed E-state index contributed by atoms with van der Waals surface area (Å²) < 4.78 is 10.4. The first-order valence-corrected chi connectivity index (χ1v) is 10.9. The number of amides is 1. The molecule has 0 bridgehead atoms. The second-order valence-electron chi connectivity index (χ2n) is 8.91. The standard InChI is InChI=1S/C23H29N7O4/c1-23(2,3)34-22(32)30-8-6-16(7-9-30)29(4)18-10-19(27-13-17(18)21(31)33-5)28-20-14-25-15(11-24)12-26-20/h10,12-14,16H,6-9H2,1-5H3,(H,26,27,28). The van der Waals surface area contributed by atoms with Crippen LogP contribution in [0.3, 0.4) is 0 Å². The van der Waals surface area contributed by atoms with Crippen LogP contribution in [-0.2, 0) is 9.47 Å². The average Bonchev–Trinajstić information content (AvgIpc) is 2.82. The summed E-state index contributed by atoms with van der Waals surface area (Å²) in [5, 5.41) is 11.9. The number of carbonyl (C=O) groups excluding carboxylic acids is 2. The maximum absolute atomic E-state index is 12.4. The number of nitriles is 1. The van der Waals surface area contributed by atoms with E-state index < -0.39 is 11.6 Å². The van der Waals surface area contributed by atoms with E-state index in [-0.39, 0.29) is 17.8 Å². The molecule has 180 valence electrons. The molecule has 1 aliphatic heterocycles. The summed E-state index contributed by atoms with van der Waals surface area (Å²) in [6, 6.07) is 3.75. The third-order valence-corrected chi connectivity index (χ3v) is 5.35. The predicted octanol–water partition coefficient (Wildman–Crippen LogP) is 3.11. The van der Waals surface area contributed by atoms with Gasteiger partial charge in [0.05, 0.1) is 25.2 Å². The Labute approximate surface area is 198 Å². The zero-order valence-electron chi connectivity index (χ0n) is 20.0. The molecule has 0 aromatic carbocycles. The number of esters is 1. The molecule has 34 heavy (non-hydrogen) atoms. The molecular formula is C23H29N7O4. The molecule has 0 unspecified atom stereocenters. The third-order valence-electron chi connectivity index (χ3n) is 5.35. The van der Waals surface area contributed by atoms with Crippen LogP contribution in [-0.4, -0.2) is 70.8 Å². The number of hydrogen-bond donors (Lipinski definition) is 1. The number of likely N-dealkylation sites (tertiary alicyclic amines) is 1. The number of aromatic nitrogens is 3. The Balaban J connectivity index is 1.77. The van der Waals surface area contributed by atoms with Crippen molar-refractivity contribution in [2.24, 2.45) is 0 Å². The smallest absolute Gasteiger partial charge is 0.410 e. The molecule has 1 N–H and O–H groups in total. The van der Waals surface area contributed by atoms with Crippen LogP contribution in [0.2, 0.25) is 0 Å². The Morgan fingerprint density at radius 1 is 1.15 bits per heavy atom. The lowest BCUT2D eigenvalue weighted by Gasteiger charge is -2.38. The number of ether oxygens (including phenoxy) is 2. The van der Waals surface area contributed by atoms with Crippen molar-refractivity contribution in [3.8, 4) is 6.07 Å². The molecule has 1 fully saturated rings. The summed E-state index contributed by atoms with van der Waals surface area (Å²) in [5.74, 6) is 0.376. The molecule has 11 nitrogen and oxygen atoms in total. The van der Waals surface area contributed by atoms with Gasteiger partial charge in [0.2, 0.25) is 0 Å². The fourth-order valence-corrected chi connectivity index (χ4v) is 3.61. The molecular weight excluding hydrogens is 438 g/mol. The summed E-state index contributed by atoms with van der Waals surface area (Å²) in [4.78, 5) is 40.9. The normalized spacial score (nSPS) is 14.2. The van der Waals surface area contributed by atoms with Crippen LogP contribution in [0.4, 0.5) is 22.1 Å². The topological polar surface area (TPSA) is 134 Å². The van der Waals surface area contributed by atoms with Crippen molar-refractivity contribution in [1.82, 2.24) is 19.9 Å². The lowest BCUT2D eigenvalue weighted by Crippen LogP contribution is -2.47. The highest BCUT2D eigenvalue weighted by Gasteiger charge is 2.30. The Morgan fingerprint density at radius 2 is 1.82 bits per heavy atom. The molecule has 11 heteroatoms. The van der Waals surface area contributed by atoms with Crippen molar-refractivity contribution in [2.75, 3.05) is 37.5 Å². The van der Waals surface area contributed by atoms with Gasteiger partial charge in [0.25, 0.3) is 0 Å². The van der Waals surface area contributed by atoms with Gasteiger partial charge in [-0.25, -0.2) is 24.5 Å². The summed E-state index contributed by atoms with van der Waals surface area (Å²) in [6.07, 6.45) is 5.35. The summed E-state index contributed by atoms with van der Waals surface area (Å²) in [5.41, 5.74) is 0.635. The highest BCUT2D eigenvalue weighted by molar-refractivity contribution is 5.96. The summed E-state index contributed by atoms with van der Waals surface area (Å²) in [7, 11) is 3.23. The van der Waals surface area contributed by atoms with Crippen molar-refractivity contribution in [3.05, 3.63) is 35.9 Å². The van der Waals surface area contributed by atoms with E-state index in [1.165, 1.54) is 25.7 Å². The number of anilines is 3. The molecule has 0 radical (unpaired) electrons.